The predicted molar refractivity (Wildman–Crippen MR) is 158 cm³/mol. The van der Waals surface area contributed by atoms with Crippen LogP contribution < -0.4 is 10.1 Å². The fraction of sp³-hybridized carbons (Fsp3) is 0.0968. The number of nitriles is 1. The number of methoxy groups -OCH3 is 1. The van der Waals surface area contributed by atoms with Crippen LogP contribution in [-0.4, -0.2) is 28.7 Å². The SMILES string of the molecule is COc1ccc(-c2cc(-c3ccccc3)nc(SCCC(=O)Nc3nc(-c4ccc(F)cc4)cs3)c2C#N)cc1. The molecule has 0 saturated heterocycles. The first kappa shape index (κ1) is 27.1. The highest BCUT2D eigenvalue weighted by Gasteiger charge is 2.17. The molecule has 0 spiro atoms. The van der Waals surface area contributed by atoms with Crippen LogP contribution in [0, 0.1) is 17.1 Å². The highest BCUT2D eigenvalue weighted by Crippen LogP contribution is 2.35. The Morgan fingerprint density at radius 1 is 0.975 bits per heavy atom. The van der Waals surface area contributed by atoms with Gasteiger partial charge in [0.2, 0.25) is 5.91 Å². The molecule has 5 aromatic rings. The van der Waals surface area contributed by atoms with E-state index in [1.54, 1.807) is 19.2 Å². The van der Waals surface area contributed by atoms with Crippen LogP contribution in [0.4, 0.5) is 9.52 Å². The van der Waals surface area contributed by atoms with E-state index >= 15 is 0 Å². The maximum Gasteiger partial charge on any atom is 0.226 e. The van der Waals surface area contributed by atoms with Crippen molar-refractivity contribution in [3.63, 3.8) is 0 Å². The second-order valence-electron chi connectivity index (χ2n) is 8.63. The predicted octanol–water partition coefficient (Wildman–Crippen LogP) is 7.68. The molecule has 5 rings (SSSR count). The lowest BCUT2D eigenvalue weighted by atomic mass is 9.99. The molecule has 0 unspecified atom stereocenters. The molecule has 0 aliphatic heterocycles. The average Bonchev–Trinajstić information content (AvgIpc) is 3.46. The van der Waals surface area contributed by atoms with Crippen LogP contribution in [0.2, 0.25) is 0 Å². The summed E-state index contributed by atoms with van der Waals surface area (Å²) in [4.78, 5) is 21.9. The van der Waals surface area contributed by atoms with Gasteiger partial charge in [0.05, 0.1) is 24.1 Å². The molecular formula is C31H23FN4O2S2. The minimum Gasteiger partial charge on any atom is -0.497 e. The minimum absolute atomic E-state index is 0.194. The normalized spacial score (nSPS) is 10.6. The maximum atomic E-state index is 13.2. The van der Waals surface area contributed by atoms with Gasteiger partial charge in [-0.25, -0.2) is 14.4 Å². The molecule has 0 fully saturated rings. The second-order valence-corrected chi connectivity index (χ2v) is 10.6. The third kappa shape index (κ3) is 6.37. The number of anilines is 1. The topological polar surface area (TPSA) is 87.9 Å². The summed E-state index contributed by atoms with van der Waals surface area (Å²) < 4.78 is 18.5. The lowest BCUT2D eigenvalue weighted by Crippen LogP contribution is -2.12. The van der Waals surface area contributed by atoms with Crippen molar-refractivity contribution >= 4 is 34.1 Å². The van der Waals surface area contributed by atoms with E-state index < -0.39 is 0 Å². The summed E-state index contributed by atoms with van der Waals surface area (Å²) in [5.41, 5.74) is 5.21. The Kier molecular flexibility index (Phi) is 8.50. The fourth-order valence-electron chi connectivity index (χ4n) is 4.00. The summed E-state index contributed by atoms with van der Waals surface area (Å²) in [5, 5.41) is 15.8. The molecular weight excluding hydrogens is 543 g/mol. The van der Waals surface area contributed by atoms with Crippen LogP contribution in [0.5, 0.6) is 5.75 Å². The Bertz CT molecular complexity index is 1670. The Morgan fingerprint density at radius 2 is 1.68 bits per heavy atom. The standard InChI is InChI=1S/C31H23FN4O2S2/c1-38-24-13-9-20(10-14-24)25-17-27(21-5-3-2-4-6-21)34-30(26(25)18-33)39-16-15-29(37)36-31-35-28(19-40-31)22-7-11-23(32)12-8-22/h2-14,17,19H,15-16H2,1H3,(H,35,36,37). The van der Waals surface area contributed by atoms with Crippen molar-refractivity contribution in [1.82, 2.24) is 9.97 Å². The quantitative estimate of drug-likeness (QED) is 0.184. The largest absolute Gasteiger partial charge is 0.497 e. The molecule has 1 N–H and O–H groups in total. The van der Waals surface area contributed by atoms with Gasteiger partial charge in [-0.15, -0.1) is 23.1 Å². The molecule has 1 amide bonds. The molecule has 2 heterocycles. The van der Waals surface area contributed by atoms with Crippen molar-refractivity contribution < 1.29 is 13.9 Å². The summed E-state index contributed by atoms with van der Waals surface area (Å²) in [6.07, 6.45) is 0.204. The second kappa shape index (κ2) is 12.6. The number of rotatable bonds is 9. The van der Waals surface area contributed by atoms with E-state index in [2.05, 4.69) is 16.4 Å². The number of hydrogen-bond donors (Lipinski definition) is 1. The van der Waals surface area contributed by atoms with E-state index in [4.69, 9.17) is 9.72 Å². The highest BCUT2D eigenvalue weighted by molar-refractivity contribution is 7.99. The summed E-state index contributed by atoms with van der Waals surface area (Å²) in [6.45, 7) is 0. The van der Waals surface area contributed by atoms with Crippen LogP contribution in [-0.2, 0) is 4.79 Å². The minimum atomic E-state index is -0.315. The van der Waals surface area contributed by atoms with Crippen molar-refractivity contribution in [1.29, 1.82) is 5.26 Å². The van der Waals surface area contributed by atoms with Gasteiger partial charge in [0.15, 0.2) is 5.13 Å². The van der Waals surface area contributed by atoms with Crippen molar-refractivity contribution in [3.8, 4) is 45.5 Å². The van der Waals surface area contributed by atoms with Crippen LogP contribution in [0.3, 0.4) is 0 Å². The number of ether oxygens (including phenoxy) is 1. The van der Waals surface area contributed by atoms with E-state index in [1.807, 2.05) is 66.0 Å². The lowest BCUT2D eigenvalue weighted by molar-refractivity contribution is -0.115. The fourth-order valence-corrected chi connectivity index (χ4v) is 5.68. The first-order valence-corrected chi connectivity index (χ1v) is 14.2. The molecule has 40 heavy (non-hydrogen) atoms. The number of thioether (sulfide) groups is 1. The lowest BCUT2D eigenvalue weighted by Gasteiger charge is -2.13. The molecule has 0 saturated carbocycles. The first-order valence-electron chi connectivity index (χ1n) is 12.3. The monoisotopic (exact) mass is 566 g/mol. The molecule has 198 valence electrons. The van der Waals surface area contributed by atoms with Crippen LogP contribution in [0.15, 0.2) is 95.3 Å². The number of nitrogens with one attached hydrogen (secondary N) is 1. The summed E-state index contributed by atoms with van der Waals surface area (Å²) in [5.74, 6) is 0.639. The van der Waals surface area contributed by atoms with Crippen LogP contribution >= 0.6 is 23.1 Å². The first-order chi connectivity index (χ1) is 19.5. The number of carbonyl (C=O) groups is 1. The highest BCUT2D eigenvalue weighted by atomic mass is 32.2. The zero-order chi connectivity index (χ0) is 27.9. The van der Waals surface area contributed by atoms with E-state index in [0.717, 1.165) is 33.7 Å². The molecule has 2 aromatic heterocycles. The Balaban J connectivity index is 1.33. The molecule has 0 aliphatic carbocycles. The summed E-state index contributed by atoms with van der Waals surface area (Å²) >= 11 is 2.67. The Hall–Kier alpha value is -4.52. The molecule has 6 nitrogen and oxygen atoms in total. The number of amides is 1. The van der Waals surface area contributed by atoms with Crippen LogP contribution in [0.25, 0.3) is 33.6 Å². The van der Waals surface area contributed by atoms with Crippen molar-refractivity contribution in [3.05, 3.63) is 102 Å². The Labute approximate surface area is 239 Å². The number of thiazole rings is 1. The van der Waals surface area contributed by atoms with Gasteiger partial charge < -0.3 is 10.1 Å². The van der Waals surface area contributed by atoms with Gasteiger partial charge in [-0.3, -0.25) is 4.79 Å². The number of halogens is 1. The smallest absolute Gasteiger partial charge is 0.226 e. The molecule has 9 heteroatoms. The Morgan fingerprint density at radius 3 is 2.38 bits per heavy atom. The maximum absolute atomic E-state index is 13.2. The van der Waals surface area contributed by atoms with Gasteiger partial charge in [-0.1, -0.05) is 42.5 Å². The number of hydrogen-bond acceptors (Lipinski definition) is 7. The zero-order valence-electron chi connectivity index (χ0n) is 21.4. The zero-order valence-corrected chi connectivity index (χ0v) is 23.1. The molecule has 0 atom stereocenters. The van der Waals surface area contributed by atoms with E-state index in [1.165, 1.54) is 35.2 Å². The number of benzene rings is 3. The number of carbonyl (C=O) groups excluding carboxylic acids is 1. The van der Waals surface area contributed by atoms with Gasteiger partial charge in [0, 0.05) is 34.2 Å². The molecule has 0 radical (unpaired) electrons. The van der Waals surface area contributed by atoms with E-state index in [0.29, 0.717) is 27.2 Å². The van der Waals surface area contributed by atoms with Gasteiger partial charge >= 0.3 is 0 Å². The third-order valence-electron chi connectivity index (χ3n) is 6.03. The number of pyridine rings is 1. The van der Waals surface area contributed by atoms with E-state index in [-0.39, 0.29) is 18.1 Å². The third-order valence-corrected chi connectivity index (χ3v) is 7.76. The van der Waals surface area contributed by atoms with Gasteiger partial charge in [-0.05, 0) is 48.0 Å². The van der Waals surface area contributed by atoms with E-state index in [9.17, 15) is 14.4 Å². The number of nitrogens with zero attached hydrogens (tertiary/aromatic N) is 3. The van der Waals surface area contributed by atoms with Crippen molar-refractivity contribution in [2.45, 2.75) is 11.4 Å². The van der Waals surface area contributed by atoms with Gasteiger partial charge in [-0.2, -0.15) is 5.26 Å². The van der Waals surface area contributed by atoms with Crippen molar-refractivity contribution in [2.24, 2.45) is 0 Å². The molecule has 0 bridgehead atoms. The molecule has 3 aromatic carbocycles. The number of aromatic nitrogens is 2. The van der Waals surface area contributed by atoms with Crippen LogP contribution in [0.1, 0.15) is 12.0 Å². The summed E-state index contributed by atoms with van der Waals surface area (Å²) in [6, 6.07) is 27.6. The van der Waals surface area contributed by atoms with Gasteiger partial charge in [0.1, 0.15) is 22.7 Å². The average molecular weight is 567 g/mol. The molecule has 0 aliphatic rings. The van der Waals surface area contributed by atoms with Crippen molar-refractivity contribution in [2.75, 3.05) is 18.2 Å². The van der Waals surface area contributed by atoms with Gasteiger partial charge in [0.25, 0.3) is 0 Å². The summed E-state index contributed by atoms with van der Waals surface area (Å²) in [7, 11) is 1.61.